The van der Waals surface area contributed by atoms with Crippen molar-refractivity contribution in [3.63, 3.8) is 0 Å². The second kappa shape index (κ2) is 5.34. The van der Waals surface area contributed by atoms with Gasteiger partial charge < -0.3 is 9.73 Å². The highest BCUT2D eigenvalue weighted by Crippen LogP contribution is 2.14. The highest BCUT2D eigenvalue weighted by atomic mass is 35.5. The minimum atomic E-state index is -0.716. The van der Waals surface area contributed by atoms with Crippen LogP contribution in [0.2, 0.25) is 5.15 Å². The number of hydrogen-bond acceptors (Lipinski definition) is 5. The summed E-state index contributed by atoms with van der Waals surface area (Å²) in [4.78, 5) is 31.5. The first-order chi connectivity index (χ1) is 10.1. The van der Waals surface area contributed by atoms with Crippen LogP contribution in [0.15, 0.2) is 51.9 Å². The SMILES string of the molecule is O=C(Nc1cc(Cl)ncn1)c1cc2ccccc2oc1=O. The Morgan fingerprint density at radius 2 is 2.00 bits per heavy atom. The molecule has 0 aliphatic carbocycles. The first-order valence-electron chi connectivity index (χ1n) is 5.95. The molecule has 1 aromatic carbocycles. The van der Waals surface area contributed by atoms with Gasteiger partial charge in [0.15, 0.2) is 0 Å². The van der Waals surface area contributed by atoms with Gasteiger partial charge in [-0.1, -0.05) is 29.8 Å². The van der Waals surface area contributed by atoms with E-state index in [0.717, 1.165) is 0 Å². The molecule has 0 aliphatic rings. The van der Waals surface area contributed by atoms with Gasteiger partial charge in [-0.15, -0.1) is 0 Å². The summed E-state index contributed by atoms with van der Waals surface area (Å²) in [5, 5.41) is 3.31. The van der Waals surface area contributed by atoms with Crippen LogP contribution in [0.5, 0.6) is 0 Å². The second-order valence-electron chi connectivity index (χ2n) is 4.17. The van der Waals surface area contributed by atoms with Crippen LogP contribution in [0, 0.1) is 0 Å². The average Bonchev–Trinajstić information content (AvgIpc) is 2.46. The van der Waals surface area contributed by atoms with Gasteiger partial charge in [-0.3, -0.25) is 4.79 Å². The predicted molar refractivity (Wildman–Crippen MR) is 77.5 cm³/mol. The van der Waals surface area contributed by atoms with E-state index in [0.29, 0.717) is 11.0 Å². The number of amides is 1. The fourth-order valence-corrected chi connectivity index (χ4v) is 1.95. The van der Waals surface area contributed by atoms with E-state index in [1.165, 1.54) is 18.5 Å². The maximum Gasteiger partial charge on any atom is 0.349 e. The maximum absolute atomic E-state index is 12.1. The number of carbonyl (C=O) groups is 1. The number of hydrogen-bond donors (Lipinski definition) is 1. The lowest BCUT2D eigenvalue weighted by molar-refractivity contribution is 0.102. The van der Waals surface area contributed by atoms with Crippen LogP contribution in [-0.4, -0.2) is 15.9 Å². The molecule has 0 saturated heterocycles. The van der Waals surface area contributed by atoms with Gasteiger partial charge in [0.25, 0.3) is 5.91 Å². The molecule has 1 N–H and O–H groups in total. The minimum Gasteiger partial charge on any atom is -0.422 e. The molecule has 0 saturated carbocycles. The Kier molecular flexibility index (Phi) is 3.37. The zero-order chi connectivity index (χ0) is 14.8. The van der Waals surface area contributed by atoms with Crippen molar-refractivity contribution in [2.24, 2.45) is 0 Å². The summed E-state index contributed by atoms with van der Waals surface area (Å²) < 4.78 is 5.10. The zero-order valence-corrected chi connectivity index (χ0v) is 11.3. The number of para-hydroxylation sites is 1. The van der Waals surface area contributed by atoms with E-state index in [1.54, 1.807) is 24.3 Å². The largest absolute Gasteiger partial charge is 0.422 e. The predicted octanol–water partition coefficient (Wildman–Crippen LogP) is 2.49. The highest BCUT2D eigenvalue weighted by Gasteiger charge is 2.14. The number of benzene rings is 1. The van der Waals surface area contributed by atoms with Crippen LogP contribution in [0.3, 0.4) is 0 Å². The fourth-order valence-electron chi connectivity index (χ4n) is 1.81. The van der Waals surface area contributed by atoms with Gasteiger partial charge in [0.2, 0.25) is 0 Å². The first kappa shape index (κ1) is 13.3. The third kappa shape index (κ3) is 2.75. The zero-order valence-electron chi connectivity index (χ0n) is 10.5. The van der Waals surface area contributed by atoms with Gasteiger partial charge >= 0.3 is 5.63 Å². The third-order valence-electron chi connectivity index (χ3n) is 2.76. The molecule has 0 radical (unpaired) electrons. The molecule has 0 unspecified atom stereocenters. The molecule has 0 bridgehead atoms. The molecule has 0 spiro atoms. The van der Waals surface area contributed by atoms with Gasteiger partial charge in [-0.05, 0) is 12.1 Å². The van der Waals surface area contributed by atoms with Crippen molar-refractivity contribution in [2.45, 2.75) is 0 Å². The fraction of sp³-hybridized carbons (Fsp3) is 0. The molecule has 7 heteroatoms. The van der Waals surface area contributed by atoms with Crippen LogP contribution in [0.25, 0.3) is 11.0 Å². The van der Waals surface area contributed by atoms with Crippen LogP contribution >= 0.6 is 11.6 Å². The van der Waals surface area contributed by atoms with Crippen LogP contribution < -0.4 is 10.9 Å². The monoisotopic (exact) mass is 301 g/mol. The maximum atomic E-state index is 12.1. The number of nitrogens with one attached hydrogen (secondary N) is 1. The van der Waals surface area contributed by atoms with E-state index >= 15 is 0 Å². The van der Waals surface area contributed by atoms with Crippen LogP contribution in [-0.2, 0) is 0 Å². The molecule has 2 aromatic heterocycles. The Morgan fingerprint density at radius 3 is 2.81 bits per heavy atom. The molecule has 0 aliphatic heterocycles. The highest BCUT2D eigenvalue weighted by molar-refractivity contribution is 6.29. The van der Waals surface area contributed by atoms with Gasteiger partial charge in [0, 0.05) is 11.5 Å². The lowest BCUT2D eigenvalue weighted by Gasteiger charge is -2.04. The Morgan fingerprint density at radius 1 is 1.19 bits per heavy atom. The molecular formula is C14H8ClN3O3. The summed E-state index contributed by atoms with van der Waals surface area (Å²) in [6.07, 6.45) is 1.21. The molecule has 21 heavy (non-hydrogen) atoms. The molecule has 6 nitrogen and oxygen atoms in total. The van der Waals surface area contributed by atoms with Crippen molar-refractivity contribution in [3.8, 4) is 0 Å². The second-order valence-corrected chi connectivity index (χ2v) is 4.55. The van der Waals surface area contributed by atoms with Crippen molar-refractivity contribution in [3.05, 3.63) is 63.9 Å². The number of aromatic nitrogens is 2. The van der Waals surface area contributed by atoms with Crippen molar-refractivity contribution in [1.82, 2.24) is 9.97 Å². The van der Waals surface area contributed by atoms with Gasteiger partial charge in [0.05, 0.1) is 0 Å². The summed E-state index contributed by atoms with van der Waals surface area (Å²) >= 11 is 5.70. The van der Waals surface area contributed by atoms with Crippen molar-refractivity contribution < 1.29 is 9.21 Å². The number of fused-ring (bicyclic) bond motifs is 1. The molecule has 2 heterocycles. The summed E-state index contributed by atoms with van der Waals surface area (Å²) in [7, 11) is 0. The smallest absolute Gasteiger partial charge is 0.349 e. The lowest BCUT2D eigenvalue weighted by atomic mass is 10.2. The molecular weight excluding hydrogens is 294 g/mol. The quantitative estimate of drug-likeness (QED) is 0.580. The Labute approximate surface area is 123 Å². The van der Waals surface area contributed by atoms with Crippen molar-refractivity contribution >= 4 is 34.3 Å². The summed E-state index contributed by atoms with van der Waals surface area (Å²) in [5.74, 6) is -0.420. The number of halogens is 1. The molecule has 0 atom stereocenters. The van der Waals surface area contributed by atoms with Gasteiger partial charge in [-0.2, -0.15) is 0 Å². The standard InChI is InChI=1S/C14H8ClN3O3/c15-11-6-12(17-7-16-11)18-13(19)9-5-8-3-1-2-4-10(8)21-14(9)20/h1-7H,(H,16,17,18,19). The van der Waals surface area contributed by atoms with E-state index in [4.69, 9.17) is 16.0 Å². The first-order valence-corrected chi connectivity index (χ1v) is 6.33. The van der Waals surface area contributed by atoms with Gasteiger partial charge in [-0.25, -0.2) is 14.8 Å². The number of rotatable bonds is 2. The average molecular weight is 302 g/mol. The number of anilines is 1. The topological polar surface area (TPSA) is 85.1 Å². The van der Waals surface area contributed by atoms with E-state index in [9.17, 15) is 9.59 Å². The molecule has 3 aromatic rings. The molecule has 104 valence electrons. The number of carbonyl (C=O) groups excluding carboxylic acids is 1. The lowest BCUT2D eigenvalue weighted by Crippen LogP contribution is -2.21. The van der Waals surface area contributed by atoms with E-state index in [2.05, 4.69) is 15.3 Å². The van der Waals surface area contributed by atoms with Crippen molar-refractivity contribution in [2.75, 3.05) is 5.32 Å². The summed E-state index contributed by atoms with van der Waals surface area (Å²) in [5.41, 5.74) is -0.404. The van der Waals surface area contributed by atoms with Gasteiger partial charge in [0.1, 0.15) is 28.4 Å². The van der Waals surface area contributed by atoms with E-state index in [1.807, 2.05) is 0 Å². The Bertz CT molecular complexity index is 892. The third-order valence-corrected chi connectivity index (χ3v) is 2.97. The Hall–Kier alpha value is -2.73. The molecule has 3 rings (SSSR count). The van der Waals surface area contributed by atoms with Crippen LogP contribution in [0.1, 0.15) is 10.4 Å². The van der Waals surface area contributed by atoms with Crippen molar-refractivity contribution in [1.29, 1.82) is 0 Å². The van der Waals surface area contributed by atoms with E-state index in [-0.39, 0.29) is 16.5 Å². The molecule has 0 fully saturated rings. The normalized spacial score (nSPS) is 10.5. The summed E-state index contributed by atoms with van der Waals surface area (Å²) in [6.45, 7) is 0. The minimum absolute atomic E-state index is 0.108. The Balaban J connectivity index is 1.98. The molecule has 1 amide bonds. The number of nitrogens with zero attached hydrogens (tertiary/aromatic N) is 2. The van der Waals surface area contributed by atoms with Crippen LogP contribution in [0.4, 0.5) is 5.82 Å². The van der Waals surface area contributed by atoms with E-state index < -0.39 is 11.5 Å². The summed E-state index contributed by atoms with van der Waals surface area (Å²) in [6, 6.07) is 9.78.